The summed E-state index contributed by atoms with van der Waals surface area (Å²) in [5, 5.41) is 0. The van der Waals surface area contributed by atoms with E-state index in [1.165, 1.54) is 0 Å². The van der Waals surface area contributed by atoms with E-state index in [2.05, 4.69) is 11.6 Å². The Labute approximate surface area is 131 Å². The lowest BCUT2D eigenvalue weighted by molar-refractivity contribution is -0.121. The van der Waals surface area contributed by atoms with Gasteiger partial charge in [-0.05, 0) is 18.6 Å². The van der Waals surface area contributed by atoms with Crippen LogP contribution in [0.3, 0.4) is 0 Å². The lowest BCUT2D eigenvalue weighted by Gasteiger charge is -2.20. The molecule has 5 nitrogen and oxygen atoms in total. The van der Waals surface area contributed by atoms with E-state index < -0.39 is 0 Å². The quantitative estimate of drug-likeness (QED) is 0.770. The predicted octanol–water partition coefficient (Wildman–Crippen LogP) is 3.08. The number of imidazole rings is 1. The zero-order chi connectivity index (χ0) is 16.3. The first kappa shape index (κ1) is 16.1. The van der Waals surface area contributed by atoms with Crippen molar-refractivity contribution in [1.29, 1.82) is 0 Å². The molecule has 0 fully saturated rings. The van der Waals surface area contributed by atoms with Crippen molar-refractivity contribution in [2.24, 2.45) is 5.92 Å². The summed E-state index contributed by atoms with van der Waals surface area (Å²) in [4.78, 5) is 18.7. The number of rotatable bonds is 6. The van der Waals surface area contributed by atoms with Gasteiger partial charge in [0.1, 0.15) is 12.4 Å². The maximum atomic E-state index is 12.4. The second kappa shape index (κ2) is 6.64. The second-order valence-corrected chi connectivity index (χ2v) is 5.45. The second-order valence-electron chi connectivity index (χ2n) is 5.45. The third-order valence-electron chi connectivity index (χ3n) is 3.49. The zero-order valence-electron chi connectivity index (χ0n) is 13.7. The number of hydrogen-bond donors (Lipinski definition) is 0. The standard InChI is InChI=1S/C17H23N3O2/c1-6-11-22-14-9-8-10-20-15(14)18-13(7-2)16(20)19(5)17(21)12(3)4/h6,8-10,12H,1,7,11H2,2-5H3. The lowest BCUT2D eigenvalue weighted by atomic mass is 10.2. The van der Waals surface area contributed by atoms with Crippen molar-refractivity contribution in [3.63, 3.8) is 0 Å². The predicted molar refractivity (Wildman–Crippen MR) is 88.5 cm³/mol. The first-order valence-corrected chi connectivity index (χ1v) is 7.52. The van der Waals surface area contributed by atoms with Crippen LogP contribution in [0.2, 0.25) is 0 Å². The van der Waals surface area contributed by atoms with E-state index in [9.17, 15) is 4.79 Å². The van der Waals surface area contributed by atoms with Gasteiger partial charge in [0.25, 0.3) is 0 Å². The summed E-state index contributed by atoms with van der Waals surface area (Å²) in [7, 11) is 1.79. The minimum atomic E-state index is -0.0690. The molecule has 2 aromatic heterocycles. The first-order valence-electron chi connectivity index (χ1n) is 7.52. The van der Waals surface area contributed by atoms with E-state index >= 15 is 0 Å². The van der Waals surface area contributed by atoms with Crippen LogP contribution in [0, 0.1) is 5.92 Å². The first-order chi connectivity index (χ1) is 10.5. The molecule has 2 aromatic rings. The van der Waals surface area contributed by atoms with E-state index in [0.29, 0.717) is 12.4 Å². The molecule has 0 spiro atoms. The number of nitrogens with zero attached hydrogens (tertiary/aromatic N) is 3. The molecular formula is C17H23N3O2. The average Bonchev–Trinajstić information content (AvgIpc) is 2.90. The summed E-state index contributed by atoms with van der Waals surface area (Å²) in [5.74, 6) is 1.49. The van der Waals surface area contributed by atoms with Gasteiger partial charge in [-0.3, -0.25) is 14.1 Å². The molecule has 0 aliphatic heterocycles. The Morgan fingerprint density at radius 2 is 2.27 bits per heavy atom. The van der Waals surface area contributed by atoms with Gasteiger partial charge in [-0.15, -0.1) is 0 Å². The number of carbonyl (C=O) groups excluding carboxylic acids is 1. The minimum absolute atomic E-state index is 0.0638. The van der Waals surface area contributed by atoms with Gasteiger partial charge in [0.2, 0.25) is 5.91 Å². The summed E-state index contributed by atoms with van der Waals surface area (Å²) in [6, 6.07) is 3.77. The molecular weight excluding hydrogens is 278 g/mol. The Bertz CT molecular complexity index is 689. The zero-order valence-corrected chi connectivity index (χ0v) is 13.7. The molecule has 2 rings (SSSR count). The van der Waals surface area contributed by atoms with Crippen molar-refractivity contribution in [2.75, 3.05) is 18.6 Å². The van der Waals surface area contributed by atoms with Gasteiger partial charge in [-0.2, -0.15) is 0 Å². The van der Waals surface area contributed by atoms with Crippen LogP contribution in [-0.2, 0) is 11.2 Å². The molecule has 0 N–H and O–H groups in total. The van der Waals surface area contributed by atoms with Crippen molar-refractivity contribution < 1.29 is 9.53 Å². The summed E-state index contributed by atoms with van der Waals surface area (Å²) in [5.41, 5.74) is 1.60. The topological polar surface area (TPSA) is 46.8 Å². The number of amides is 1. The highest BCUT2D eigenvalue weighted by Crippen LogP contribution is 2.28. The fourth-order valence-electron chi connectivity index (χ4n) is 2.42. The van der Waals surface area contributed by atoms with Crippen LogP contribution in [0.1, 0.15) is 26.5 Å². The highest BCUT2D eigenvalue weighted by Gasteiger charge is 2.23. The Balaban J connectivity index is 2.58. The fourth-order valence-corrected chi connectivity index (χ4v) is 2.42. The number of carbonyl (C=O) groups is 1. The van der Waals surface area contributed by atoms with Crippen molar-refractivity contribution >= 4 is 17.4 Å². The number of aryl methyl sites for hydroxylation is 1. The number of aromatic nitrogens is 2. The van der Waals surface area contributed by atoms with Crippen molar-refractivity contribution in [3.8, 4) is 5.75 Å². The third kappa shape index (κ3) is 2.84. The van der Waals surface area contributed by atoms with E-state index in [0.717, 1.165) is 23.6 Å². The number of anilines is 1. The van der Waals surface area contributed by atoms with Crippen molar-refractivity contribution in [1.82, 2.24) is 9.38 Å². The van der Waals surface area contributed by atoms with Crippen molar-refractivity contribution in [3.05, 3.63) is 36.7 Å². The maximum absolute atomic E-state index is 12.4. The molecule has 0 unspecified atom stereocenters. The van der Waals surface area contributed by atoms with Crippen LogP contribution in [0.4, 0.5) is 5.82 Å². The number of hydrogen-bond acceptors (Lipinski definition) is 3. The molecule has 0 saturated carbocycles. The molecule has 0 aliphatic rings. The summed E-state index contributed by atoms with van der Waals surface area (Å²) >= 11 is 0. The largest absolute Gasteiger partial charge is 0.486 e. The number of pyridine rings is 1. The normalized spacial score (nSPS) is 11.0. The molecule has 22 heavy (non-hydrogen) atoms. The van der Waals surface area contributed by atoms with Crippen LogP contribution in [0.25, 0.3) is 5.65 Å². The number of fused-ring (bicyclic) bond motifs is 1. The van der Waals surface area contributed by atoms with Crippen LogP contribution < -0.4 is 9.64 Å². The molecule has 0 atom stereocenters. The highest BCUT2D eigenvalue weighted by atomic mass is 16.5. The Kier molecular flexibility index (Phi) is 4.85. The molecule has 118 valence electrons. The van der Waals surface area contributed by atoms with Gasteiger partial charge in [0.05, 0.1) is 5.69 Å². The van der Waals surface area contributed by atoms with E-state index in [4.69, 9.17) is 4.74 Å². The third-order valence-corrected chi connectivity index (χ3v) is 3.49. The van der Waals surface area contributed by atoms with Gasteiger partial charge in [-0.25, -0.2) is 4.98 Å². The van der Waals surface area contributed by atoms with Gasteiger partial charge < -0.3 is 4.74 Å². The van der Waals surface area contributed by atoms with Crippen LogP contribution in [0.5, 0.6) is 5.75 Å². The SMILES string of the molecule is C=CCOc1cccn2c(N(C)C(=O)C(C)C)c(CC)nc12. The van der Waals surface area contributed by atoms with E-state index in [1.807, 2.05) is 43.5 Å². The Morgan fingerprint density at radius 3 is 2.86 bits per heavy atom. The summed E-state index contributed by atoms with van der Waals surface area (Å²) < 4.78 is 7.58. The molecule has 5 heteroatoms. The molecule has 0 saturated heterocycles. The molecule has 0 bridgehead atoms. The minimum Gasteiger partial charge on any atom is -0.486 e. The Hall–Kier alpha value is -2.30. The van der Waals surface area contributed by atoms with Gasteiger partial charge in [-0.1, -0.05) is 33.4 Å². The summed E-state index contributed by atoms with van der Waals surface area (Å²) in [6.07, 6.45) is 4.35. The Morgan fingerprint density at radius 1 is 1.55 bits per heavy atom. The van der Waals surface area contributed by atoms with Crippen LogP contribution >= 0.6 is 0 Å². The van der Waals surface area contributed by atoms with Crippen molar-refractivity contribution in [2.45, 2.75) is 27.2 Å². The fraction of sp³-hybridized carbons (Fsp3) is 0.412. The number of ether oxygens (including phenoxy) is 1. The molecule has 1 amide bonds. The van der Waals surface area contributed by atoms with Gasteiger partial charge in [0, 0.05) is 19.2 Å². The van der Waals surface area contributed by atoms with Gasteiger partial charge >= 0.3 is 0 Å². The van der Waals surface area contributed by atoms with E-state index in [-0.39, 0.29) is 11.8 Å². The monoisotopic (exact) mass is 301 g/mol. The highest BCUT2D eigenvalue weighted by molar-refractivity contribution is 5.94. The average molecular weight is 301 g/mol. The maximum Gasteiger partial charge on any atom is 0.230 e. The van der Waals surface area contributed by atoms with E-state index in [1.54, 1.807) is 18.0 Å². The molecule has 0 aromatic carbocycles. The smallest absolute Gasteiger partial charge is 0.230 e. The molecule has 0 radical (unpaired) electrons. The van der Waals surface area contributed by atoms with Crippen LogP contribution in [-0.4, -0.2) is 28.9 Å². The molecule has 2 heterocycles. The molecule has 0 aliphatic carbocycles. The van der Waals surface area contributed by atoms with Gasteiger partial charge in [0.15, 0.2) is 11.4 Å². The van der Waals surface area contributed by atoms with Crippen LogP contribution in [0.15, 0.2) is 31.0 Å². The lowest BCUT2D eigenvalue weighted by Crippen LogP contribution is -2.31. The summed E-state index contributed by atoms with van der Waals surface area (Å²) in [6.45, 7) is 9.90.